The van der Waals surface area contributed by atoms with Crippen molar-refractivity contribution in [2.75, 3.05) is 18.1 Å². The zero-order valence-electron chi connectivity index (χ0n) is 14.4. The number of nitriles is 1. The highest BCUT2D eigenvalue weighted by molar-refractivity contribution is 6.35. The molecule has 1 aliphatic rings. The standard InChI is InChI=1S/C21H20N2O2/c1-15(2)14-23-19-9-5-4-8-17(19)18(21(23)24)13-16-7-3-6-10-20(16)25-12-11-22/h3-10,13,15H,12,14H2,1-2H3/b18-13-. The SMILES string of the molecule is CC(C)CN1C(=O)/C(=C\c2ccccc2OCC#N)c2ccccc21. The second-order valence-electron chi connectivity index (χ2n) is 6.37. The molecule has 0 fully saturated rings. The van der Waals surface area contributed by atoms with E-state index in [0.29, 0.717) is 23.8 Å². The third-order valence-corrected chi connectivity index (χ3v) is 4.02. The van der Waals surface area contributed by atoms with Crippen molar-refractivity contribution < 1.29 is 9.53 Å². The normalized spacial score (nSPS) is 14.7. The molecule has 4 heteroatoms. The molecule has 126 valence electrons. The monoisotopic (exact) mass is 332 g/mol. The number of para-hydroxylation sites is 2. The summed E-state index contributed by atoms with van der Waals surface area (Å²) in [5.74, 6) is 0.983. The molecule has 0 bridgehead atoms. The predicted molar refractivity (Wildman–Crippen MR) is 99.1 cm³/mol. The Morgan fingerprint density at radius 1 is 1.16 bits per heavy atom. The number of amides is 1. The lowest BCUT2D eigenvalue weighted by Crippen LogP contribution is -2.30. The predicted octanol–water partition coefficient (Wildman–Crippen LogP) is 4.13. The van der Waals surface area contributed by atoms with Crippen LogP contribution in [0, 0.1) is 17.2 Å². The van der Waals surface area contributed by atoms with Gasteiger partial charge in [0.1, 0.15) is 11.8 Å². The van der Waals surface area contributed by atoms with Crippen LogP contribution in [0.4, 0.5) is 5.69 Å². The number of benzene rings is 2. The maximum atomic E-state index is 13.0. The van der Waals surface area contributed by atoms with Crippen molar-refractivity contribution in [2.24, 2.45) is 5.92 Å². The van der Waals surface area contributed by atoms with Crippen molar-refractivity contribution in [3.8, 4) is 11.8 Å². The molecule has 0 N–H and O–H groups in total. The Hall–Kier alpha value is -3.06. The van der Waals surface area contributed by atoms with Gasteiger partial charge in [0.2, 0.25) is 0 Å². The topological polar surface area (TPSA) is 53.3 Å². The van der Waals surface area contributed by atoms with Crippen molar-refractivity contribution in [2.45, 2.75) is 13.8 Å². The number of fused-ring (bicyclic) bond motifs is 1. The van der Waals surface area contributed by atoms with Crippen molar-refractivity contribution in [1.82, 2.24) is 0 Å². The van der Waals surface area contributed by atoms with Crippen LogP contribution in [0.25, 0.3) is 11.6 Å². The van der Waals surface area contributed by atoms with Crippen LogP contribution in [0.15, 0.2) is 48.5 Å². The number of ether oxygens (including phenoxy) is 1. The van der Waals surface area contributed by atoms with E-state index in [1.54, 1.807) is 6.07 Å². The van der Waals surface area contributed by atoms with Gasteiger partial charge >= 0.3 is 0 Å². The molecule has 0 radical (unpaired) electrons. The summed E-state index contributed by atoms with van der Waals surface area (Å²) in [6.07, 6.45) is 1.86. The minimum Gasteiger partial charge on any atom is -0.478 e. The van der Waals surface area contributed by atoms with Crippen molar-refractivity contribution in [3.05, 3.63) is 59.7 Å². The zero-order valence-corrected chi connectivity index (χ0v) is 14.4. The molecule has 4 nitrogen and oxygen atoms in total. The van der Waals surface area contributed by atoms with Crippen LogP contribution < -0.4 is 9.64 Å². The van der Waals surface area contributed by atoms with Gasteiger partial charge in [0.15, 0.2) is 6.61 Å². The van der Waals surface area contributed by atoms with E-state index in [2.05, 4.69) is 13.8 Å². The molecule has 0 spiro atoms. The van der Waals surface area contributed by atoms with Crippen LogP contribution in [0.1, 0.15) is 25.0 Å². The fourth-order valence-electron chi connectivity index (χ4n) is 2.99. The van der Waals surface area contributed by atoms with E-state index in [4.69, 9.17) is 10.00 Å². The molecule has 0 saturated carbocycles. The summed E-state index contributed by atoms with van der Waals surface area (Å²) in [5.41, 5.74) is 3.33. The van der Waals surface area contributed by atoms with Crippen molar-refractivity contribution >= 4 is 23.2 Å². The maximum Gasteiger partial charge on any atom is 0.259 e. The number of nitrogens with zero attached hydrogens (tertiary/aromatic N) is 2. The summed E-state index contributed by atoms with van der Waals surface area (Å²) in [7, 11) is 0. The lowest BCUT2D eigenvalue weighted by Gasteiger charge is -2.19. The first-order valence-electron chi connectivity index (χ1n) is 8.33. The van der Waals surface area contributed by atoms with Gasteiger partial charge in [0.25, 0.3) is 5.91 Å². The van der Waals surface area contributed by atoms with Gasteiger partial charge in [0, 0.05) is 23.2 Å². The summed E-state index contributed by atoms with van der Waals surface area (Å²) in [6.45, 7) is 4.86. The molecule has 2 aromatic rings. The van der Waals surface area contributed by atoms with E-state index in [1.165, 1.54) is 0 Å². The molecular weight excluding hydrogens is 312 g/mol. The number of hydrogen-bond donors (Lipinski definition) is 0. The molecule has 1 aliphatic heterocycles. The Morgan fingerprint density at radius 2 is 1.88 bits per heavy atom. The Bertz CT molecular complexity index is 862. The average molecular weight is 332 g/mol. The maximum absolute atomic E-state index is 13.0. The molecular formula is C21H20N2O2. The van der Waals surface area contributed by atoms with E-state index >= 15 is 0 Å². The van der Waals surface area contributed by atoms with E-state index < -0.39 is 0 Å². The van der Waals surface area contributed by atoms with Crippen LogP contribution in [0.2, 0.25) is 0 Å². The molecule has 1 amide bonds. The van der Waals surface area contributed by atoms with Gasteiger partial charge in [-0.25, -0.2) is 0 Å². The summed E-state index contributed by atoms with van der Waals surface area (Å²) >= 11 is 0. The summed E-state index contributed by atoms with van der Waals surface area (Å²) in [5, 5.41) is 8.74. The fraction of sp³-hybridized carbons (Fsp3) is 0.238. The zero-order chi connectivity index (χ0) is 17.8. The first-order valence-corrected chi connectivity index (χ1v) is 8.33. The summed E-state index contributed by atoms with van der Waals surface area (Å²) in [4.78, 5) is 14.8. The molecule has 1 heterocycles. The highest BCUT2D eigenvalue weighted by Crippen LogP contribution is 2.38. The van der Waals surface area contributed by atoms with Gasteiger partial charge in [-0.15, -0.1) is 0 Å². The number of carbonyl (C=O) groups is 1. The van der Waals surface area contributed by atoms with Gasteiger partial charge in [-0.3, -0.25) is 4.79 Å². The van der Waals surface area contributed by atoms with Crippen molar-refractivity contribution in [1.29, 1.82) is 5.26 Å². The molecule has 25 heavy (non-hydrogen) atoms. The Morgan fingerprint density at radius 3 is 2.64 bits per heavy atom. The second kappa shape index (κ2) is 7.23. The molecule has 0 aromatic heterocycles. The molecule has 2 aromatic carbocycles. The first kappa shape index (κ1) is 16.8. The number of anilines is 1. The van der Waals surface area contributed by atoms with Gasteiger partial charge in [-0.05, 0) is 24.1 Å². The lowest BCUT2D eigenvalue weighted by atomic mass is 10.0. The van der Waals surface area contributed by atoms with Crippen LogP contribution in [0.3, 0.4) is 0 Å². The Kier molecular flexibility index (Phi) is 4.85. The van der Waals surface area contributed by atoms with Crippen LogP contribution in [-0.4, -0.2) is 19.1 Å². The minimum atomic E-state index is -0.0236. The van der Waals surface area contributed by atoms with E-state index in [-0.39, 0.29) is 12.5 Å². The third kappa shape index (κ3) is 3.41. The van der Waals surface area contributed by atoms with E-state index in [1.807, 2.05) is 59.5 Å². The summed E-state index contributed by atoms with van der Waals surface area (Å²) < 4.78 is 5.48. The van der Waals surface area contributed by atoms with Crippen LogP contribution in [0.5, 0.6) is 5.75 Å². The summed E-state index contributed by atoms with van der Waals surface area (Å²) in [6, 6.07) is 17.3. The minimum absolute atomic E-state index is 0.00462. The van der Waals surface area contributed by atoms with E-state index in [0.717, 1.165) is 16.8 Å². The molecule has 3 rings (SSSR count). The number of carbonyl (C=O) groups excluding carboxylic acids is 1. The Labute approximate surface area is 148 Å². The Balaban J connectivity index is 2.04. The van der Waals surface area contributed by atoms with Gasteiger partial charge in [-0.1, -0.05) is 50.2 Å². The average Bonchev–Trinajstić information content (AvgIpc) is 2.86. The van der Waals surface area contributed by atoms with Crippen LogP contribution in [-0.2, 0) is 4.79 Å². The molecule has 0 unspecified atom stereocenters. The molecule has 0 atom stereocenters. The highest BCUT2D eigenvalue weighted by atomic mass is 16.5. The van der Waals surface area contributed by atoms with Gasteiger partial charge < -0.3 is 9.64 Å². The van der Waals surface area contributed by atoms with Gasteiger partial charge in [-0.2, -0.15) is 5.26 Å². The third-order valence-electron chi connectivity index (χ3n) is 4.02. The first-order chi connectivity index (χ1) is 12.1. The molecule has 0 aliphatic carbocycles. The number of rotatable bonds is 5. The highest BCUT2D eigenvalue weighted by Gasteiger charge is 2.32. The van der Waals surface area contributed by atoms with Gasteiger partial charge in [0.05, 0.1) is 5.69 Å². The lowest BCUT2D eigenvalue weighted by molar-refractivity contribution is -0.113. The second-order valence-corrected chi connectivity index (χ2v) is 6.37. The fourth-order valence-corrected chi connectivity index (χ4v) is 2.99. The smallest absolute Gasteiger partial charge is 0.259 e. The van der Waals surface area contributed by atoms with Crippen molar-refractivity contribution in [3.63, 3.8) is 0 Å². The quantitative estimate of drug-likeness (QED) is 0.774. The number of hydrogen-bond acceptors (Lipinski definition) is 3. The largest absolute Gasteiger partial charge is 0.478 e. The molecule has 0 saturated heterocycles. The van der Waals surface area contributed by atoms with E-state index in [9.17, 15) is 4.79 Å². The van der Waals surface area contributed by atoms with Crippen LogP contribution >= 0.6 is 0 Å².